The van der Waals surface area contributed by atoms with E-state index in [2.05, 4.69) is 11.0 Å². The first kappa shape index (κ1) is 12.4. The van der Waals surface area contributed by atoms with Crippen LogP contribution < -0.4 is 0 Å². The first-order valence-electron chi connectivity index (χ1n) is 7.59. The molecule has 4 unspecified atom stereocenters. The number of nitriles is 1. The van der Waals surface area contributed by atoms with Gasteiger partial charge in [-0.3, -0.25) is 4.90 Å². The number of aliphatic hydroxyl groups is 1. The van der Waals surface area contributed by atoms with Gasteiger partial charge in [0.25, 0.3) is 0 Å². The van der Waals surface area contributed by atoms with Crippen LogP contribution in [0.25, 0.3) is 0 Å². The van der Waals surface area contributed by atoms with E-state index in [0.717, 1.165) is 32.4 Å². The molecule has 0 aromatic carbocycles. The minimum atomic E-state index is -0.379. The van der Waals surface area contributed by atoms with E-state index < -0.39 is 0 Å². The Bertz CT molecular complexity index is 351. The number of fused-ring (bicyclic) bond motifs is 1. The predicted molar refractivity (Wildman–Crippen MR) is 69.8 cm³/mol. The minimum Gasteiger partial charge on any atom is -0.390 e. The van der Waals surface area contributed by atoms with Gasteiger partial charge >= 0.3 is 0 Å². The van der Waals surface area contributed by atoms with Crippen LogP contribution in [0.5, 0.6) is 0 Å². The lowest BCUT2D eigenvalue weighted by atomic mass is 9.71. The lowest BCUT2D eigenvalue weighted by molar-refractivity contribution is -0.104. The highest BCUT2D eigenvalue weighted by Gasteiger charge is 2.45. The normalized spacial score (nSPS) is 45.4. The Balaban J connectivity index is 1.68. The van der Waals surface area contributed by atoms with Gasteiger partial charge in [0.05, 0.1) is 17.6 Å². The average Bonchev–Trinajstić information content (AvgIpc) is 2.86. The first-order valence-corrected chi connectivity index (χ1v) is 7.59. The van der Waals surface area contributed by atoms with E-state index in [1.807, 2.05) is 0 Å². The summed E-state index contributed by atoms with van der Waals surface area (Å²) in [6.07, 6.45) is 9.02. The number of hydrogen-bond acceptors (Lipinski definition) is 3. The van der Waals surface area contributed by atoms with Crippen molar-refractivity contribution >= 4 is 0 Å². The molecule has 1 N–H and O–H groups in total. The van der Waals surface area contributed by atoms with Crippen molar-refractivity contribution in [3.05, 3.63) is 0 Å². The maximum absolute atomic E-state index is 10.7. The third-order valence-electron chi connectivity index (χ3n) is 5.57. The third-order valence-corrected chi connectivity index (χ3v) is 5.57. The molecule has 1 aliphatic heterocycles. The highest BCUT2D eigenvalue weighted by molar-refractivity contribution is 5.02. The zero-order valence-corrected chi connectivity index (χ0v) is 11.1. The van der Waals surface area contributed by atoms with E-state index in [9.17, 15) is 10.4 Å². The van der Waals surface area contributed by atoms with Gasteiger partial charge in [-0.05, 0) is 32.1 Å². The second kappa shape index (κ2) is 4.83. The topological polar surface area (TPSA) is 47.3 Å². The van der Waals surface area contributed by atoms with Crippen molar-refractivity contribution in [1.82, 2.24) is 4.90 Å². The van der Waals surface area contributed by atoms with Crippen LogP contribution in [0.4, 0.5) is 0 Å². The molecule has 2 aliphatic carbocycles. The molecule has 2 saturated carbocycles. The Labute approximate surface area is 110 Å². The first-order chi connectivity index (χ1) is 8.73. The van der Waals surface area contributed by atoms with Crippen molar-refractivity contribution < 1.29 is 5.11 Å². The summed E-state index contributed by atoms with van der Waals surface area (Å²) >= 11 is 0. The smallest absolute Gasteiger partial charge is 0.0700 e. The molecule has 0 spiro atoms. The van der Waals surface area contributed by atoms with Crippen LogP contribution in [-0.2, 0) is 0 Å². The highest BCUT2D eigenvalue weighted by Crippen LogP contribution is 2.42. The standard InChI is InChI=1S/C15H24N2O/c16-10-12-4-3-6-14(12)17-9-8-15(18)7-2-1-5-13(15)11-17/h12-14,18H,1-9,11H2. The van der Waals surface area contributed by atoms with Gasteiger partial charge in [-0.15, -0.1) is 0 Å². The summed E-state index contributed by atoms with van der Waals surface area (Å²) in [5.74, 6) is 0.694. The van der Waals surface area contributed by atoms with Crippen LogP contribution in [-0.4, -0.2) is 34.7 Å². The molecule has 4 atom stereocenters. The lowest BCUT2D eigenvalue weighted by Crippen LogP contribution is -2.56. The Morgan fingerprint density at radius 3 is 2.83 bits per heavy atom. The van der Waals surface area contributed by atoms with Crippen LogP contribution in [0, 0.1) is 23.2 Å². The van der Waals surface area contributed by atoms with Crippen molar-refractivity contribution in [2.24, 2.45) is 11.8 Å². The third kappa shape index (κ3) is 2.06. The monoisotopic (exact) mass is 248 g/mol. The Morgan fingerprint density at radius 1 is 1.11 bits per heavy atom. The fourth-order valence-electron chi connectivity index (χ4n) is 4.43. The SMILES string of the molecule is N#CC1CCCC1N1CCC2(O)CCCCC2C1. The molecule has 3 fully saturated rings. The van der Waals surface area contributed by atoms with E-state index in [-0.39, 0.29) is 11.5 Å². The van der Waals surface area contributed by atoms with Gasteiger partial charge in [0.2, 0.25) is 0 Å². The van der Waals surface area contributed by atoms with E-state index in [1.165, 1.54) is 32.1 Å². The molecule has 3 nitrogen and oxygen atoms in total. The van der Waals surface area contributed by atoms with Gasteiger partial charge in [0, 0.05) is 25.0 Å². The molecule has 0 radical (unpaired) electrons. The summed E-state index contributed by atoms with van der Waals surface area (Å²) in [7, 11) is 0. The predicted octanol–water partition coefficient (Wildman–Crippen LogP) is 2.31. The number of likely N-dealkylation sites (tertiary alicyclic amines) is 1. The number of hydrogen-bond donors (Lipinski definition) is 1. The van der Waals surface area contributed by atoms with E-state index in [0.29, 0.717) is 12.0 Å². The van der Waals surface area contributed by atoms with Gasteiger partial charge in [0.15, 0.2) is 0 Å². The van der Waals surface area contributed by atoms with Crippen LogP contribution in [0.3, 0.4) is 0 Å². The Morgan fingerprint density at radius 2 is 2.00 bits per heavy atom. The fourth-order valence-corrected chi connectivity index (χ4v) is 4.43. The van der Waals surface area contributed by atoms with Crippen LogP contribution >= 0.6 is 0 Å². The quantitative estimate of drug-likeness (QED) is 0.774. The van der Waals surface area contributed by atoms with Crippen LogP contribution in [0.2, 0.25) is 0 Å². The summed E-state index contributed by atoms with van der Waals surface area (Å²) in [6, 6.07) is 2.96. The van der Waals surface area contributed by atoms with E-state index in [1.54, 1.807) is 0 Å². The molecule has 1 heterocycles. The maximum atomic E-state index is 10.7. The van der Waals surface area contributed by atoms with Gasteiger partial charge in [-0.25, -0.2) is 0 Å². The van der Waals surface area contributed by atoms with Crippen LogP contribution in [0.1, 0.15) is 51.4 Å². The zero-order chi connectivity index (χ0) is 12.6. The summed E-state index contributed by atoms with van der Waals surface area (Å²) < 4.78 is 0. The molecule has 0 aromatic heterocycles. The van der Waals surface area contributed by atoms with Crippen molar-refractivity contribution in [1.29, 1.82) is 5.26 Å². The summed E-state index contributed by atoms with van der Waals surface area (Å²) in [6.45, 7) is 2.02. The summed E-state index contributed by atoms with van der Waals surface area (Å²) in [5, 5.41) is 19.9. The molecule has 0 amide bonds. The van der Waals surface area contributed by atoms with Gasteiger partial charge < -0.3 is 5.11 Å². The summed E-state index contributed by atoms with van der Waals surface area (Å²) in [5.41, 5.74) is -0.379. The van der Waals surface area contributed by atoms with Crippen molar-refractivity contribution in [2.45, 2.75) is 63.0 Å². The lowest BCUT2D eigenvalue weighted by Gasteiger charge is -2.49. The Kier molecular flexibility index (Phi) is 3.34. The second-order valence-corrected chi connectivity index (χ2v) is 6.53. The number of rotatable bonds is 1. The molecule has 3 rings (SSSR count). The minimum absolute atomic E-state index is 0.236. The number of nitrogens with zero attached hydrogens (tertiary/aromatic N) is 2. The van der Waals surface area contributed by atoms with Crippen molar-refractivity contribution in [3.8, 4) is 6.07 Å². The summed E-state index contributed by atoms with van der Waals surface area (Å²) in [4.78, 5) is 2.52. The Hall–Kier alpha value is -0.590. The zero-order valence-electron chi connectivity index (χ0n) is 11.1. The molecule has 0 bridgehead atoms. The molecule has 3 heteroatoms. The molecular weight excluding hydrogens is 224 g/mol. The molecule has 100 valence electrons. The fraction of sp³-hybridized carbons (Fsp3) is 0.933. The number of piperidine rings is 1. The molecular formula is C15H24N2O. The largest absolute Gasteiger partial charge is 0.390 e. The molecule has 0 aromatic rings. The second-order valence-electron chi connectivity index (χ2n) is 6.53. The molecule has 3 aliphatic rings. The van der Waals surface area contributed by atoms with E-state index in [4.69, 9.17) is 0 Å². The molecule has 18 heavy (non-hydrogen) atoms. The van der Waals surface area contributed by atoms with Gasteiger partial charge in [-0.2, -0.15) is 5.26 Å². The van der Waals surface area contributed by atoms with E-state index >= 15 is 0 Å². The van der Waals surface area contributed by atoms with Gasteiger partial charge in [-0.1, -0.05) is 19.3 Å². The van der Waals surface area contributed by atoms with Crippen molar-refractivity contribution in [3.63, 3.8) is 0 Å². The highest BCUT2D eigenvalue weighted by atomic mass is 16.3. The average molecular weight is 248 g/mol. The van der Waals surface area contributed by atoms with Gasteiger partial charge in [0.1, 0.15) is 0 Å². The molecule has 1 saturated heterocycles. The maximum Gasteiger partial charge on any atom is 0.0700 e. The van der Waals surface area contributed by atoms with Crippen LogP contribution in [0.15, 0.2) is 0 Å². The van der Waals surface area contributed by atoms with Crippen molar-refractivity contribution in [2.75, 3.05) is 13.1 Å².